The molecule has 1 aromatic carbocycles. The van der Waals surface area contributed by atoms with E-state index in [4.69, 9.17) is 5.11 Å². The minimum absolute atomic E-state index is 0.0349. The van der Waals surface area contributed by atoms with Crippen LogP contribution in [0.25, 0.3) is 0 Å². The predicted molar refractivity (Wildman–Crippen MR) is 67.0 cm³/mol. The zero-order valence-electron chi connectivity index (χ0n) is 11.0. The first-order chi connectivity index (χ1) is 8.92. The summed E-state index contributed by atoms with van der Waals surface area (Å²) in [6.45, 7) is 3.47. The van der Waals surface area contributed by atoms with Crippen molar-refractivity contribution in [3.63, 3.8) is 0 Å². The van der Waals surface area contributed by atoms with E-state index < -0.39 is 29.2 Å². The van der Waals surface area contributed by atoms with E-state index in [9.17, 15) is 13.6 Å². The molecule has 4 nitrogen and oxygen atoms in total. The lowest BCUT2D eigenvalue weighted by molar-refractivity contribution is 0.0594. The standard InChI is InChI=1S/C13H17F2NO3/c1-7(2)10(6-17)16-9-5-4-8(13(18)19-3)11(14)12(9)15/h4-5,7,10,16-17H,6H2,1-3H3/t10-/m1/s1. The normalized spacial score (nSPS) is 12.4. The highest BCUT2D eigenvalue weighted by Gasteiger charge is 2.21. The first kappa shape index (κ1) is 15.4. The highest BCUT2D eigenvalue weighted by atomic mass is 19.2. The average molecular weight is 273 g/mol. The Kier molecular flexibility index (Phi) is 5.23. The van der Waals surface area contributed by atoms with E-state index in [0.29, 0.717) is 0 Å². The summed E-state index contributed by atoms with van der Waals surface area (Å²) in [6.07, 6.45) is 0. The van der Waals surface area contributed by atoms with E-state index in [1.807, 2.05) is 13.8 Å². The van der Waals surface area contributed by atoms with Gasteiger partial charge in [-0.05, 0) is 18.1 Å². The van der Waals surface area contributed by atoms with Crippen LogP contribution in [0.3, 0.4) is 0 Å². The first-order valence-corrected chi connectivity index (χ1v) is 5.86. The summed E-state index contributed by atoms with van der Waals surface area (Å²) >= 11 is 0. The van der Waals surface area contributed by atoms with Crippen molar-refractivity contribution < 1.29 is 23.4 Å². The largest absolute Gasteiger partial charge is 0.465 e. The number of carbonyl (C=O) groups excluding carboxylic acids is 1. The summed E-state index contributed by atoms with van der Waals surface area (Å²) in [4.78, 5) is 11.2. The molecular formula is C13H17F2NO3. The van der Waals surface area contributed by atoms with Crippen molar-refractivity contribution in [2.75, 3.05) is 19.0 Å². The van der Waals surface area contributed by atoms with Crippen LogP contribution in [0.4, 0.5) is 14.5 Å². The molecule has 0 fully saturated rings. The van der Waals surface area contributed by atoms with Gasteiger partial charge in [0, 0.05) is 0 Å². The van der Waals surface area contributed by atoms with Crippen LogP contribution in [0, 0.1) is 17.6 Å². The lowest BCUT2D eigenvalue weighted by Gasteiger charge is -2.21. The molecule has 0 aliphatic heterocycles. The molecule has 0 heterocycles. The molecule has 1 atom stereocenters. The second-order valence-electron chi connectivity index (χ2n) is 4.46. The van der Waals surface area contributed by atoms with E-state index in [0.717, 1.165) is 13.2 Å². The molecule has 19 heavy (non-hydrogen) atoms. The monoisotopic (exact) mass is 273 g/mol. The molecule has 0 amide bonds. The van der Waals surface area contributed by atoms with Crippen molar-refractivity contribution in [1.29, 1.82) is 0 Å². The number of carbonyl (C=O) groups is 1. The van der Waals surface area contributed by atoms with E-state index in [2.05, 4.69) is 10.1 Å². The molecule has 1 aromatic rings. The third kappa shape index (κ3) is 3.41. The Balaban J connectivity index is 3.06. The third-order valence-corrected chi connectivity index (χ3v) is 2.83. The summed E-state index contributed by atoms with van der Waals surface area (Å²) in [5, 5.41) is 11.9. The number of nitrogens with one attached hydrogen (secondary N) is 1. The summed E-state index contributed by atoms with van der Waals surface area (Å²) in [5.74, 6) is -3.34. The van der Waals surface area contributed by atoms with Gasteiger partial charge in [-0.3, -0.25) is 0 Å². The van der Waals surface area contributed by atoms with Crippen molar-refractivity contribution >= 4 is 11.7 Å². The number of esters is 1. The number of aliphatic hydroxyl groups is 1. The second-order valence-corrected chi connectivity index (χ2v) is 4.46. The van der Waals surface area contributed by atoms with E-state index >= 15 is 0 Å². The van der Waals surface area contributed by atoms with Crippen molar-refractivity contribution in [3.05, 3.63) is 29.3 Å². The summed E-state index contributed by atoms with van der Waals surface area (Å²) in [7, 11) is 1.09. The fraction of sp³-hybridized carbons (Fsp3) is 0.462. The van der Waals surface area contributed by atoms with Gasteiger partial charge in [-0.2, -0.15) is 0 Å². The Morgan fingerprint density at radius 3 is 2.47 bits per heavy atom. The van der Waals surface area contributed by atoms with Gasteiger partial charge in [-0.25, -0.2) is 13.6 Å². The van der Waals surface area contributed by atoms with Gasteiger partial charge in [0.05, 0.1) is 31.0 Å². The summed E-state index contributed by atoms with van der Waals surface area (Å²) in [6, 6.07) is 1.98. The fourth-order valence-electron chi connectivity index (χ4n) is 1.55. The van der Waals surface area contributed by atoms with Gasteiger partial charge in [-0.15, -0.1) is 0 Å². The Morgan fingerprint density at radius 1 is 1.37 bits per heavy atom. The molecular weight excluding hydrogens is 256 g/mol. The highest BCUT2D eigenvalue weighted by Crippen LogP contribution is 2.23. The Bertz CT molecular complexity index is 463. The highest BCUT2D eigenvalue weighted by molar-refractivity contribution is 5.90. The molecule has 106 valence electrons. The molecule has 0 radical (unpaired) electrons. The van der Waals surface area contributed by atoms with Crippen LogP contribution in [0.5, 0.6) is 0 Å². The van der Waals surface area contributed by atoms with Crippen LogP contribution in [-0.2, 0) is 4.74 Å². The van der Waals surface area contributed by atoms with Crippen LogP contribution in [0.15, 0.2) is 12.1 Å². The molecule has 0 aliphatic rings. The maximum Gasteiger partial charge on any atom is 0.340 e. The number of halogens is 2. The van der Waals surface area contributed by atoms with Gasteiger partial charge >= 0.3 is 5.97 Å². The first-order valence-electron chi connectivity index (χ1n) is 5.86. The van der Waals surface area contributed by atoms with Crippen LogP contribution in [-0.4, -0.2) is 30.8 Å². The zero-order chi connectivity index (χ0) is 14.6. The number of hydrogen-bond donors (Lipinski definition) is 2. The van der Waals surface area contributed by atoms with Crippen molar-refractivity contribution in [3.8, 4) is 0 Å². The van der Waals surface area contributed by atoms with Crippen LogP contribution < -0.4 is 5.32 Å². The number of methoxy groups -OCH3 is 1. The topological polar surface area (TPSA) is 58.6 Å². The molecule has 2 N–H and O–H groups in total. The molecule has 0 unspecified atom stereocenters. The van der Waals surface area contributed by atoms with E-state index in [-0.39, 0.29) is 18.2 Å². The van der Waals surface area contributed by atoms with Crippen molar-refractivity contribution in [1.82, 2.24) is 0 Å². The van der Waals surface area contributed by atoms with Crippen molar-refractivity contribution in [2.45, 2.75) is 19.9 Å². The summed E-state index contributed by atoms with van der Waals surface area (Å²) in [5.41, 5.74) is -0.562. The predicted octanol–water partition coefficient (Wildman–Crippen LogP) is 2.18. The Morgan fingerprint density at radius 2 is 2.00 bits per heavy atom. The number of hydrogen-bond acceptors (Lipinski definition) is 4. The lowest BCUT2D eigenvalue weighted by Crippen LogP contribution is -2.30. The molecule has 0 aliphatic carbocycles. The Labute approximate surface area is 110 Å². The average Bonchev–Trinajstić information content (AvgIpc) is 2.39. The molecule has 0 bridgehead atoms. The van der Waals surface area contributed by atoms with Crippen molar-refractivity contribution in [2.24, 2.45) is 5.92 Å². The number of rotatable bonds is 5. The smallest absolute Gasteiger partial charge is 0.340 e. The lowest BCUT2D eigenvalue weighted by atomic mass is 10.0. The maximum atomic E-state index is 13.8. The molecule has 1 rings (SSSR count). The van der Waals surface area contributed by atoms with Gasteiger partial charge in [-0.1, -0.05) is 13.8 Å². The minimum Gasteiger partial charge on any atom is -0.465 e. The molecule has 0 saturated carbocycles. The van der Waals surface area contributed by atoms with E-state index in [1.54, 1.807) is 0 Å². The minimum atomic E-state index is -1.27. The number of aliphatic hydroxyl groups excluding tert-OH is 1. The van der Waals surface area contributed by atoms with Gasteiger partial charge < -0.3 is 15.2 Å². The fourth-order valence-corrected chi connectivity index (χ4v) is 1.55. The van der Waals surface area contributed by atoms with Gasteiger partial charge in [0.15, 0.2) is 11.6 Å². The second kappa shape index (κ2) is 6.47. The van der Waals surface area contributed by atoms with Crippen LogP contribution in [0.2, 0.25) is 0 Å². The molecule has 0 saturated heterocycles. The number of anilines is 1. The maximum absolute atomic E-state index is 13.8. The SMILES string of the molecule is COC(=O)c1ccc(N[C@H](CO)C(C)C)c(F)c1F. The van der Waals surface area contributed by atoms with E-state index in [1.165, 1.54) is 6.07 Å². The zero-order valence-corrected chi connectivity index (χ0v) is 11.0. The van der Waals surface area contributed by atoms with Crippen LogP contribution in [0.1, 0.15) is 24.2 Å². The quantitative estimate of drug-likeness (QED) is 0.807. The third-order valence-electron chi connectivity index (χ3n) is 2.83. The van der Waals surface area contributed by atoms with Gasteiger partial charge in [0.2, 0.25) is 0 Å². The molecule has 6 heteroatoms. The number of ether oxygens (including phenoxy) is 1. The van der Waals surface area contributed by atoms with Gasteiger partial charge in [0.25, 0.3) is 0 Å². The van der Waals surface area contributed by atoms with Crippen LogP contribution >= 0.6 is 0 Å². The number of benzene rings is 1. The molecule has 0 aromatic heterocycles. The summed E-state index contributed by atoms with van der Waals surface area (Å²) < 4.78 is 31.8. The van der Waals surface area contributed by atoms with Gasteiger partial charge in [0.1, 0.15) is 0 Å². The molecule has 0 spiro atoms. The Hall–Kier alpha value is -1.69.